The summed E-state index contributed by atoms with van der Waals surface area (Å²) in [5.41, 5.74) is 0. The molecule has 0 fully saturated rings. The van der Waals surface area contributed by atoms with Gasteiger partial charge in [0.15, 0.2) is 0 Å². The third-order valence-corrected chi connectivity index (χ3v) is 2.03. The molecule has 0 aromatic heterocycles. The van der Waals surface area contributed by atoms with Gasteiger partial charge in [0.1, 0.15) is 18.2 Å². The highest BCUT2D eigenvalue weighted by molar-refractivity contribution is 9.10. The molecule has 1 N–H and O–H groups in total. The molecule has 13 heavy (non-hydrogen) atoms. The first-order valence-corrected chi connectivity index (χ1v) is 4.65. The highest BCUT2D eigenvalue weighted by atomic mass is 79.9. The molecule has 0 saturated heterocycles. The number of aliphatic hydroxyl groups is 1. The standard InChI is InChI=1S/C9H10BrFO2/c1-6(12)5-13-7-2-3-8(10)9(11)4-7/h2-4,6,12H,5H2,1H3/t6-/m0/s1. The molecule has 1 rings (SSSR count). The largest absolute Gasteiger partial charge is 0.491 e. The van der Waals surface area contributed by atoms with E-state index < -0.39 is 6.10 Å². The van der Waals surface area contributed by atoms with Gasteiger partial charge in [-0.2, -0.15) is 0 Å². The molecule has 2 nitrogen and oxygen atoms in total. The molecule has 1 atom stereocenters. The number of aliphatic hydroxyl groups excluding tert-OH is 1. The molecule has 0 radical (unpaired) electrons. The van der Waals surface area contributed by atoms with E-state index in [0.717, 1.165) is 0 Å². The molecule has 0 bridgehead atoms. The molecule has 0 amide bonds. The molecule has 0 aliphatic heterocycles. The Morgan fingerprint density at radius 3 is 2.85 bits per heavy atom. The number of halogens is 2. The lowest BCUT2D eigenvalue weighted by Crippen LogP contribution is -2.12. The fourth-order valence-corrected chi connectivity index (χ4v) is 1.03. The molecule has 72 valence electrons. The van der Waals surface area contributed by atoms with Crippen LogP contribution < -0.4 is 4.74 Å². The lowest BCUT2D eigenvalue weighted by atomic mass is 10.3. The summed E-state index contributed by atoms with van der Waals surface area (Å²) >= 11 is 3.03. The van der Waals surface area contributed by atoms with Crippen LogP contribution >= 0.6 is 15.9 Å². The third kappa shape index (κ3) is 3.32. The molecule has 1 aromatic rings. The molecular formula is C9H10BrFO2. The second-order valence-electron chi connectivity index (χ2n) is 2.74. The molecule has 0 heterocycles. The molecule has 0 aliphatic rings. The van der Waals surface area contributed by atoms with Crippen molar-refractivity contribution in [3.8, 4) is 5.75 Å². The van der Waals surface area contributed by atoms with E-state index in [-0.39, 0.29) is 12.4 Å². The maximum atomic E-state index is 12.9. The number of hydrogen-bond acceptors (Lipinski definition) is 2. The zero-order valence-corrected chi connectivity index (χ0v) is 8.71. The topological polar surface area (TPSA) is 29.5 Å². The number of benzene rings is 1. The van der Waals surface area contributed by atoms with Gasteiger partial charge in [0.25, 0.3) is 0 Å². The van der Waals surface area contributed by atoms with Crippen molar-refractivity contribution in [2.24, 2.45) is 0 Å². The van der Waals surface area contributed by atoms with Crippen LogP contribution in [0, 0.1) is 5.82 Å². The lowest BCUT2D eigenvalue weighted by Gasteiger charge is -2.07. The van der Waals surface area contributed by atoms with Crippen LogP contribution in [0.15, 0.2) is 22.7 Å². The molecule has 1 aromatic carbocycles. The summed E-state index contributed by atoms with van der Waals surface area (Å²) in [6, 6.07) is 4.47. The Hall–Kier alpha value is -0.610. The first kappa shape index (κ1) is 10.5. The van der Waals surface area contributed by atoms with Gasteiger partial charge >= 0.3 is 0 Å². The Labute approximate surface area is 84.5 Å². The summed E-state index contributed by atoms with van der Waals surface area (Å²) in [6.45, 7) is 1.77. The Balaban J connectivity index is 2.63. The Morgan fingerprint density at radius 2 is 2.31 bits per heavy atom. The summed E-state index contributed by atoms with van der Waals surface area (Å²) in [7, 11) is 0. The maximum Gasteiger partial charge on any atom is 0.141 e. The second-order valence-corrected chi connectivity index (χ2v) is 3.59. The SMILES string of the molecule is C[C@H](O)COc1ccc(Br)c(F)c1. The lowest BCUT2D eigenvalue weighted by molar-refractivity contribution is 0.122. The summed E-state index contributed by atoms with van der Waals surface area (Å²) < 4.78 is 18.4. The van der Waals surface area contributed by atoms with Gasteiger partial charge in [0.2, 0.25) is 0 Å². The van der Waals surface area contributed by atoms with Crippen molar-refractivity contribution in [1.29, 1.82) is 0 Å². The van der Waals surface area contributed by atoms with E-state index in [1.165, 1.54) is 6.07 Å². The van der Waals surface area contributed by atoms with Crippen molar-refractivity contribution >= 4 is 15.9 Å². The minimum atomic E-state index is -0.549. The molecule has 4 heteroatoms. The van der Waals surface area contributed by atoms with E-state index >= 15 is 0 Å². The predicted molar refractivity (Wildman–Crippen MR) is 51.3 cm³/mol. The van der Waals surface area contributed by atoms with E-state index in [1.807, 2.05) is 0 Å². The fraction of sp³-hybridized carbons (Fsp3) is 0.333. The van der Waals surface area contributed by atoms with Crippen LogP contribution in [0.1, 0.15) is 6.92 Å². The summed E-state index contributed by atoms with van der Waals surface area (Å²) in [6.07, 6.45) is -0.549. The number of ether oxygens (including phenoxy) is 1. The van der Waals surface area contributed by atoms with Gasteiger partial charge in [0, 0.05) is 6.07 Å². The van der Waals surface area contributed by atoms with Crippen LogP contribution in [0.3, 0.4) is 0 Å². The van der Waals surface area contributed by atoms with Gasteiger partial charge in [-0.1, -0.05) is 0 Å². The van der Waals surface area contributed by atoms with Crippen molar-refractivity contribution in [2.45, 2.75) is 13.0 Å². The van der Waals surface area contributed by atoms with Gasteiger partial charge in [-0.05, 0) is 35.0 Å². The smallest absolute Gasteiger partial charge is 0.141 e. The van der Waals surface area contributed by atoms with Crippen LogP contribution in [-0.4, -0.2) is 17.8 Å². The van der Waals surface area contributed by atoms with Crippen molar-refractivity contribution in [2.75, 3.05) is 6.61 Å². The van der Waals surface area contributed by atoms with Gasteiger partial charge in [-0.3, -0.25) is 0 Å². The average molecular weight is 249 g/mol. The summed E-state index contributed by atoms with van der Waals surface area (Å²) in [5, 5.41) is 8.91. The zero-order chi connectivity index (χ0) is 9.84. The Bertz CT molecular complexity index is 289. The Kier molecular flexibility index (Phi) is 3.69. The summed E-state index contributed by atoms with van der Waals surface area (Å²) in [5.74, 6) is 0.0460. The van der Waals surface area contributed by atoms with Gasteiger partial charge in [0.05, 0.1) is 10.6 Å². The maximum absolute atomic E-state index is 12.9. The first-order valence-electron chi connectivity index (χ1n) is 3.85. The number of hydrogen-bond donors (Lipinski definition) is 1. The molecule has 0 aliphatic carbocycles. The fourth-order valence-electron chi connectivity index (χ4n) is 0.783. The highest BCUT2D eigenvalue weighted by Gasteiger charge is 2.02. The van der Waals surface area contributed by atoms with Crippen LogP contribution in [-0.2, 0) is 0 Å². The number of rotatable bonds is 3. The van der Waals surface area contributed by atoms with E-state index in [4.69, 9.17) is 9.84 Å². The van der Waals surface area contributed by atoms with Crippen molar-refractivity contribution in [3.05, 3.63) is 28.5 Å². The quantitative estimate of drug-likeness (QED) is 0.890. The van der Waals surface area contributed by atoms with Crippen molar-refractivity contribution < 1.29 is 14.2 Å². The first-order chi connectivity index (χ1) is 6.09. The normalized spacial score (nSPS) is 12.6. The van der Waals surface area contributed by atoms with Gasteiger partial charge in [-0.15, -0.1) is 0 Å². The van der Waals surface area contributed by atoms with E-state index in [1.54, 1.807) is 19.1 Å². The minimum Gasteiger partial charge on any atom is -0.491 e. The highest BCUT2D eigenvalue weighted by Crippen LogP contribution is 2.20. The second kappa shape index (κ2) is 4.58. The molecular weight excluding hydrogens is 239 g/mol. The minimum absolute atomic E-state index is 0.168. The Morgan fingerprint density at radius 1 is 1.62 bits per heavy atom. The van der Waals surface area contributed by atoms with Crippen LogP contribution in [0.5, 0.6) is 5.75 Å². The van der Waals surface area contributed by atoms with Gasteiger partial charge < -0.3 is 9.84 Å². The molecule has 0 unspecified atom stereocenters. The predicted octanol–water partition coefficient (Wildman–Crippen LogP) is 2.35. The van der Waals surface area contributed by atoms with Crippen LogP contribution in [0.2, 0.25) is 0 Å². The average Bonchev–Trinajstić information content (AvgIpc) is 2.07. The summed E-state index contributed by atoms with van der Waals surface area (Å²) in [4.78, 5) is 0. The molecule has 0 saturated carbocycles. The van der Waals surface area contributed by atoms with E-state index in [9.17, 15) is 4.39 Å². The van der Waals surface area contributed by atoms with Crippen molar-refractivity contribution in [3.63, 3.8) is 0 Å². The van der Waals surface area contributed by atoms with E-state index in [0.29, 0.717) is 10.2 Å². The van der Waals surface area contributed by atoms with Crippen LogP contribution in [0.4, 0.5) is 4.39 Å². The van der Waals surface area contributed by atoms with E-state index in [2.05, 4.69) is 15.9 Å². The monoisotopic (exact) mass is 248 g/mol. The molecule has 0 spiro atoms. The van der Waals surface area contributed by atoms with Crippen molar-refractivity contribution in [1.82, 2.24) is 0 Å². The third-order valence-electron chi connectivity index (χ3n) is 1.38. The zero-order valence-electron chi connectivity index (χ0n) is 7.13. The van der Waals surface area contributed by atoms with Gasteiger partial charge in [-0.25, -0.2) is 4.39 Å². The van der Waals surface area contributed by atoms with Crippen LogP contribution in [0.25, 0.3) is 0 Å².